The number of alkyl halides is 3. The van der Waals surface area contributed by atoms with Crippen molar-refractivity contribution in [3.05, 3.63) is 53.6 Å². The number of amides is 1. The number of fused-ring (bicyclic) bond motifs is 2. The van der Waals surface area contributed by atoms with Crippen molar-refractivity contribution in [2.45, 2.75) is 70.4 Å². The van der Waals surface area contributed by atoms with E-state index in [2.05, 4.69) is 13.8 Å². The van der Waals surface area contributed by atoms with E-state index in [1.807, 2.05) is 0 Å². The van der Waals surface area contributed by atoms with Crippen LogP contribution in [-0.4, -0.2) is 45.1 Å². The highest BCUT2D eigenvalue weighted by atomic mass is 32.1. The number of halogens is 3. The van der Waals surface area contributed by atoms with Crippen LogP contribution in [0.25, 0.3) is 0 Å². The van der Waals surface area contributed by atoms with Crippen LogP contribution in [0.5, 0.6) is 5.75 Å². The number of aliphatic hydroxyl groups excluding tert-OH is 1. The molecule has 2 aromatic rings. The molecule has 3 saturated carbocycles. The number of hydrogen-bond donors (Lipinski definition) is 2. The largest absolute Gasteiger partial charge is 0.493 e. The molecule has 41 heavy (non-hydrogen) atoms. The molecular weight excluding hydrogens is 555 g/mol. The van der Waals surface area contributed by atoms with Gasteiger partial charge in [0.25, 0.3) is 5.91 Å². The second kappa shape index (κ2) is 9.68. The molecule has 2 bridgehead atoms. The molecule has 2 aromatic carbocycles. The average Bonchev–Trinajstić information content (AvgIpc) is 3.08. The molecule has 1 aliphatic heterocycles. The predicted molar refractivity (Wildman–Crippen MR) is 150 cm³/mol. The number of benzene rings is 2. The molecule has 1 saturated heterocycles. The van der Waals surface area contributed by atoms with Crippen LogP contribution in [-0.2, 0) is 11.0 Å². The third-order valence-corrected chi connectivity index (χ3v) is 9.75. The lowest BCUT2D eigenvalue weighted by atomic mass is 9.43. The maximum absolute atomic E-state index is 13.6. The molecule has 4 fully saturated rings. The summed E-state index contributed by atoms with van der Waals surface area (Å²) in [7, 11) is 0. The molecule has 4 atom stereocenters. The zero-order valence-corrected chi connectivity index (χ0v) is 24.0. The van der Waals surface area contributed by atoms with E-state index in [-0.39, 0.29) is 35.2 Å². The number of anilines is 2. The van der Waals surface area contributed by atoms with Gasteiger partial charge in [-0.05, 0) is 98.6 Å². The summed E-state index contributed by atoms with van der Waals surface area (Å²) in [4.78, 5) is 16.0. The van der Waals surface area contributed by atoms with Crippen molar-refractivity contribution >= 4 is 34.6 Å². The van der Waals surface area contributed by atoms with E-state index in [0.717, 1.165) is 23.5 Å². The molecule has 6 rings (SSSR count). The van der Waals surface area contributed by atoms with Gasteiger partial charge >= 0.3 is 6.18 Å². The Hall–Kier alpha value is -3.20. The van der Waals surface area contributed by atoms with Gasteiger partial charge in [0, 0.05) is 12.1 Å². The molecule has 0 aromatic heterocycles. The van der Waals surface area contributed by atoms with E-state index in [1.165, 1.54) is 12.1 Å². The Morgan fingerprint density at radius 3 is 2.32 bits per heavy atom. The number of aliphatic hydroxyl groups is 2. The highest BCUT2D eigenvalue weighted by Gasteiger charge is 2.64. The lowest BCUT2D eigenvalue weighted by Gasteiger charge is -2.65. The fourth-order valence-electron chi connectivity index (χ4n) is 6.79. The molecular formula is C30H32F3N3O4S. The van der Waals surface area contributed by atoms with E-state index in [0.29, 0.717) is 23.8 Å². The highest BCUT2D eigenvalue weighted by Crippen LogP contribution is 2.63. The molecule has 11 heteroatoms. The van der Waals surface area contributed by atoms with Gasteiger partial charge in [0.05, 0.1) is 41.2 Å². The van der Waals surface area contributed by atoms with Crippen molar-refractivity contribution in [3.63, 3.8) is 0 Å². The van der Waals surface area contributed by atoms with Crippen molar-refractivity contribution < 1.29 is 32.9 Å². The second-order valence-electron chi connectivity index (χ2n) is 12.3. The van der Waals surface area contributed by atoms with Crippen LogP contribution in [0.2, 0.25) is 0 Å². The van der Waals surface area contributed by atoms with Gasteiger partial charge in [-0.3, -0.25) is 9.69 Å². The first-order valence-electron chi connectivity index (χ1n) is 13.5. The summed E-state index contributed by atoms with van der Waals surface area (Å²) < 4.78 is 46.6. The van der Waals surface area contributed by atoms with Crippen molar-refractivity contribution in [1.29, 1.82) is 5.26 Å². The van der Waals surface area contributed by atoms with Gasteiger partial charge in [0.1, 0.15) is 11.3 Å². The summed E-state index contributed by atoms with van der Waals surface area (Å²) in [6.07, 6.45) is -3.80. The van der Waals surface area contributed by atoms with Crippen molar-refractivity contribution in [2.75, 3.05) is 16.4 Å². The molecule has 3 aliphatic carbocycles. The number of carbonyl (C=O) groups is 1. The maximum atomic E-state index is 13.6. The Morgan fingerprint density at radius 2 is 1.73 bits per heavy atom. The van der Waals surface area contributed by atoms with Crippen molar-refractivity contribution in [1.82, 2.24) is 0 Å². The van der Waals surface area contributed by atoms with Gasteiger partial charge in [-0.25, -0.2) is 0 Å². The first-order chi connectivity index (χ1) is 19.0. The van der Waals surface area contributed by atoms with E-state index < -0.39 is 40.5 Å². The van der Waals surface area contributed by atoms with Gasteiger partial charge < -0.3 is 19.8 Å². The van der Waals surface area contributed by atoms with E-state index in [1.54, 1.807) is 43.0 Å². The summed E-state index contributed by atoms with van der Waals surface area (Å²) in [5.74, 6) is 0.433. The topological polar surface area (TPSA) is 97.0 Å². The average molecular weight is 588 g/mol. The number of rotatable bonds is 6. The Bertz CT molecular complexity index is 1440. The minimum atomic E-state index is -4.78. The number of thiocarbonyl (C=S) groups is 1. The number of ether oxygens (including phenoxy) is 1. The molecule has 0 unspecified atom stereocenters. The van der Waals surface area contributed by atoms with Crippen LogP contribution in [0, 0.1) is 28.6 Å². The lowest BCUT2D eigenvalue weighted by molar-refractivity contribution is -0.257. The monoisotopic (exact) mass is 587 g/mol. The van der Waals surface area contributed by atoms with Gasteiger partial charge in [-0.2, -0.15) is 18.4 Å². The molecule has 218 valence electrons. The fraction of sp³-hybridized carbons (Fsp3) is 0.500. The summed E-state index contributed by atoms with van der Waals surface area (Å²) in [5.41, 5.74) is -3.66. The number of nitriles is 1. The summed E-state index contributed by atoms with van der Waals surface area (Å²) >= 11 is 5.58. The molecule has 0 spiro atoms. The van der Waals surface area contributed by atoms with Gasteiger partial charge in [0.2, 0.25) is 0 Å². The first-order valence-corrected chi connectivity index (χ1v) is 13.9. The summed E-state index contributed by atoms with van der Waals surface area (Å²) in [6, 6.07) is 11.4. The quantitative estimate of drug-likeness (QED) is 0.436. The fourth-order valence-corrected chi connectivity index (χ4v) is 7.32. The molecule has 1 amide bonds. The van der Waals surface area contributed by atoms with Gasteiger partial charge in [0.15, 0.2) is 5.11 Å². The summed E-state index contributed by atoms with van der Waals surface area (Å²) in [6.45, 7) is 7.72. The third-order valence-electron chi connectivity index (χ3n) is 9.38. The van der Waals surface area contributed by atoms with Crippen LogP contribution in [0.1, 0.15) is 58.1 Å². The second-order valence-corrected chi connectivity index (χ2v) is 12.7. The van der Waals surface area contributed by atoms with Crippen LogP contribution >= 0.6 is 12.2 Å². The molecule has 4 aliphatic rings. The predicted octanol–water partition coefficient (Wildman–Crippen LogP) is 5.42. The Kier molecular flexibility index (Phi) is 6.92. The minimum Gasteiger partial charge on any atom is -0.493 e. The van der Waals surface area contributed by atoms with E-state index in [4.69, 9.17) is 22.2 Å². The van der Waals surface area contributed by atoms with Crippen LogP contribution in [0.3, 0.4) is 0 Å². The van der Waals surface area contributed by atoms with E-state index >= 15 is 0 Å². The maximum Gasteiger partial charge on any atom is 0.417 e. The molecule has 2 N–H and O–H groups in total. The minimum absolute atomic E-state index is 0.00132. The smallest absolute Gasteiger partial charge is 0.417 e. The Labute approximate surface area is 242 Å². The normalized spacial score (nSPS) is 28.3. The zero-order valence-electron chi connectivity index (χ0n) is 23.2. The van der Waals surface area contributed by atoms with Crippen molar-refractivity contribution in [3.8, 4) is 11.8 Å². The SMILES string of the molecule is CC1(C)[C@@H]2C[C@H]1[C@](O)(CCOc1ccc(N3C(=S)N(c4ccc(C#N)c(C(F)(F)F)c4)C(=O)C3(C)C)cc1)[C@@H](O)C2. The number of hydrogen-bond acceptors (Lipinski definition) is 6. The Balaban J connectivity index is 1.31. The lowest BCUT2D eigenvalue weighted by Crippen LogP contribution is -2.68. The van der Waals surface area contributed by atoms with E-state index in [9.17, 15) is 28.2 Å². The van der Waals surface area contributed by atoms with Crippen LogP contribution in [0.4, 0.5) is 24.5 Å². The van der Waals surface area contributed by atoms with Crippen LogP contribution in [0.15, 0.2) is 42.5 Å². The summed E-state index contributed by atoms with van der Waals surface area (Å²) in [5, 5.41) is 31.0. The first kappa shape index (κ1) is 29.3. The van der Waals surface area contributed by atoms with Crippen LogP contribution < -0.4 is 14.5 Å². The molecule has 1 heterocycles. The standard InChI is InChI=1S/C30H32F3N3O4S/c1-27(2)18-13-23(27)29(39,24(37)14-18)11-12-40-21-9-7-19(8-10-21)36-26(41)35(25(38)28(36,3)4)20-6-5-17(16-34)22(15-20)30(31,32)33/h5-10,15,18,23-24,37,39H,11-14H2,1-4H3/t18-,23-,24+,29-/m1/s1. The third kappa shape index (κ3) is 4.57. The van der Waals surface area contributed by atoms with Gasteiger partial charge in [-0.15, -0.1) is 0 Å². The number of nitrogens with zero attached hydrogens (tertiary/aromatic N) is 3. The molecule has 0 radical (unpaired) electrons. The number of carbonyl (C=O) groups excluding carboxylic acids is 1. The molecule has 7 nitrogen and oxygen atoms in total. The zero-order chi connectivity index (χ0) is 30.1. The Morgan fingerprint density at radius 1 is 1.10 bits per heavy atom. The van der Waals surface area contributed by atoms with Gasteiger partial charge in [-0.1, -0.05) is 13.8 Å². The van der Waals surface area contributed by atoms with Crippen molar-refractivity contribution in [2.24, 2.45) is 17.3 Å². The highest BCUT2D eigenvalue weighted by molar-refractivity contribution is 7.81.